The number of hydrogen-bond donors (Lipinski definition) is 3. The van der Waals surface area contributed by atoms with Gasteiger partial charge in [-0.15, -0.1) is 0 Å². The summed E-state index contributed by atoms with van der Waals surface area (Å²) in [6.45, 7) is -1.64. The van der Waals surface area contributed by atoms with Crippen LogP contribution in [0, 0.1) is 15.9 Å². The van der Waals surface area contributed by atoms with E-state index < -0.39 is 46.3 Å². The maximum atomic E-state index is 13.1. The Bertz CT molecular complexity index is 481. The van der Waals surface area contributed by atoms with Crippen molar-refractivity contribution in [2.45, 2.75) is 12.0 Å². The van der Waals surface area contributed by atoms with E-state index in [1.54, 1.807) is 0 Å². The second kappa shape index (κ2) is 4.78. The summed E-state index contributed by atoms with van der Waals surface area (Å²) in [5.74, 6) is -6.50. The molecule has 9 heteroatoms. The summed E-state index contributed by atoms with van der Waals surface area (Å²) >= 11 is 0. The Morgan fingerprint density at radius 3 is 2.50 bits per heavy atom. The Morgan fingerprint density at radius 2 is 2.06 bits per heavy atom. The molecule has 0 unspecified atom stereocenters. The Balaban J connectivity index is 3.35. The van der Waals surface area contributed by atoms with Crippen LogP contribution in [0.5, 0.6) is 5.75 Å². The van der Waals surface area contributed by atoms with E-state index in [4.69, 9.17) is 10.8 Å². The van der Waals surface area contributed by atoms with E-state index in [0.717, 1.165) is 0 Å². The van der Waals surface area contributed by atoms with Gasteiger partial charge in [-0.25, -0.2) is 13.2 Å². The van der Waals surface area contributed by atoms with E-state index in [0.29, 0.717) is 12.1 Å². The van der Waals surface area contributed by atoms with Crippen LogP contribution in [0.1, 0.15) is 11.6 Å². The molecule has 18 heavy (non-hydrogen) atoms. The molecule has 4 N–H and O–H groups in total. The minimum atomic E-state index is -3.85. The minimum Gasteiger partial charge on any atom is -0.505 e. The number of non-ortho nitro benzene ring substituents is 1. The van der Waals surface area contributed by atoms with Crippen LogP contribution in [-0.2, 0) is 0 Å². The van der Waals surface area contributed by atoms with Gasteiger partial charge in [-0.3, -0.25) is 10.1 Å². The largest absolute Gasteiger partial charge is 0.505 e. The van der Waals surface area contributed by atoms with Crippen LogP contribution in [-0.4, -0.2) is 27.7 Å². The molecule has 0 aliphatic heterocycles. The zero-order valence-electron chi connectivity index (χ0n) is 8.81. The smallest absolute Gasteiger partial charge is 0.289 e. The molecular formula is C9H9F3N2O4. The van der Waals surface area contributed by atoms with Gasteiger partial charge >= 0.3 is 0 Å². The monoisotopic (exact) mass is 266 g/mol. The normalized spacial score (nSPS) is 13.4. The van der Waals surface area contributed by atoms with Crippen molar-refractivity contribution in [1.82, 2.24) is 0 Å². The van der Waals surface area contributed by atoms with Crippen molar-refractivity contribution in [2.24, 2.45) is 5.73 Å². The number of phenols is 1. The van der Waals surface area contributed by atoms with Gasteiger partial charge in [0.2, 0.25) is 0 Å². The molecule has 0 saturated carbocycles. The number of hydrogen-bond acceptors (Lipinski definition) is 5. The number of aliphatic hydroxyl groups excluding tert-OH is 1. The topological polar surface area (TPSA) is 110 Å². The Labute approximate surface area is 98.6 Å². The van der Waals surface area contributed by atoms with Crippen LogP contribution in [0.3, 0.4) is 0 Å². The third-order valence-corrected chi connectivity index (χ3v) is 2.29. The van der Waals surface area contributed by atoms with Crippen molar-refractivity contribution >= 4 is 5.69 Å². The molecule has 0 heterocycles. The van der Waals surface area contributed by atoms with E-state index in [-0.39, 0.29) is 0 Å². The molecule has 1 atom stereocenters. The van der Waals surface area contributed by atoms with Crippen LogP contribution < -0.4 is 5.73 Å². The molecule has 0 bridgehead atoms. The Kier molecular flexibility index (Phi) is 3.77. The number of nitrogens with two attached hydrogens (primary N) is 1. The van der Waals surface area contributed by atoms with Gasteiger partial charge in [-0.05, 0) is 0 Å². The van der Waals surface area contributed by atoms with Crippen LogP contribution in [0.15, 0.2) is 12.1 Å². The van der Waals surface area contributed by atoms with Crippen LogP contribution >= 0.6 is 0 Å². The number of phenolic OH excluding ortho intramolecular Hbond substituents is 1. The Hall–Kier alpha value is -1.87. The molecule has 6 nitrogen and oxygen atoms in total. The van der Waals surface area contributed by atoms with Gasteiger partial charge in [0.1, 0.15) is 12.6 Å². The lowest BCUT2D eigenvalue weighted by Gasteiger charge is -2.22. The summed E-state index contributed by atoms with van der Waals surface area (Å²) < 4.78 is 39.3. The van der Waals surface area contributed by atoms with Crippen molar-refractivity contribution in [3.05, 3.63) is 33.6 Å². The van der Waals surface area contributed by atoms with Crippen LogP contribution in [0.2, 0.25) is 0 Å². The summed E-state index contributed by atoms with van der Waals surface area (Å²) in [7, 11) is 0. The summed E-state index contributed by atoms with van der Waals surface area (Å²) in [5.41, 5.74) is 3.39. The van der Waals surface area contributed by atoms with E-state index in [9.17, 15) is 28.4 Å². The van der Waals surface area contributed by atoms with E-state index >= 15 is 0 Å². The third kappa shape index (κ3) is 2.51. The molecule has 0 spiro atoms. The Morgan fingerprint density at radius 1 is 1.50 bits per heavy atom. The number of nitro benzene ring substituents is 1. The van der Waals surface area contributed by atoms with Gasteiger partial charge < -0.3 is 15.9 Å². The van der Waals surface area contributed by atoms with Gasteiger partial charge in [0.15, 0.2) is 11.6 Å². The maximum absolute atomic E-state index is 13.1. The molecule has 1 aromatic carbocycles. The highest BCUT2D eigenvalue weighted by Gasteiger charge is 2.40. The number of nitro groups is 1. The average Bonchev–Trinajstić information content (AvgIpc) is 2.31. The quantitative estimate of drug-likeness (QED) is 0.557. The molecule has 0 fully saturated rings. The van der Waals surface area contributed by atoms with Gasteiger partial charge in [0, 0.05) is 11.6 Å². The van der Waals surface area contributed by atoms with Gasteiger partial charge in [-0.2, -0.15) is 0 Å². The number of halogens is 3. The standard InChI is InChI=1S/C9H9F3N2O4/c10-6-2-4(14(17)18)1-5(7(6)16)8(13)9(11,12)3-15/h1-2,8,15-16H,3,13H2/t8-/m0/s1. The lowest BCUT2D eigenvalue weighted by molar-refractivity contribution is -0.385. The third-order valence-electron chi connectivity index (χ3n) is 2.29. The number of aliphatic hydroxyl groups is 1. The lowest BCUT2D eigenvalue weighted by atomic mass is 10.00. The summed E-state index contributed by atoms with van der Waals surface area (Å²) in [6.07, 6.45) is 0. The van der Waals surface area contributed by atoms with Crippen molar-refractivity contribution in [3.8, 4) is 5.75 Å². The van der Waals surface area contributed by atoms with Crippen molar-refractivity contribution in [3.63, 3.8) is 0 Å². The molecule has 100 valence electrons. The number of benzene rings is 1. The number of rotatable bonds is 4. The van der Waals surface area contributed by atoms with Crippen LogP contribution in [0.4, 0.5) is 18.9 Å². The summed E-state index contributed by atoms with van der Waals surface area (Å²) in [5, 5.41) is 28.1. The predicted octanol–water partition coefficient (Wildman–Crippen LogP) is 1.07. The zero-order chi connectivity index (χ0) is 14.1. The zero-order valence-corrected chi connectivity index (χ0v) is 8.81. The molecular weight excluding hydrogens is 257 g/mol. The maximum Gasteiger partial charge on any atom is 0.289 e. The molecule has 1 rings (SSSR count). The first-order valence-corrected chi connectivity index (χ1v) is 4.61. The first-order chi connectivity index (χ1) is 8.20. The lowest BCUT2D eigenvalue weighted by Crippen LogP contribution is -2.36. The van der Waals surface area contributed by atoms with Gasteiger partial charge in [0.05, 0.1) is 11.0 Å². The highest BCUT2D eigenvalue weighted by molar-refractivity contribution is 5.46. The van der Waals surface area contributed by atoms with Crippen molar-refractivity contribution < 1.29 is 28.3 Å². The van der Waals surface area contributed by atoms with E-state index in [1.165, 1.54) is 0 Å². The number of nitrogens with zero attached hydrogens (tertiary/aromatic N) is 1. The van der Waals surface area contributed by atoms with Gasteiger partial charge in [-0.1, -0.05) is 0 Å². The second-order valence-electron chi connectivity index (χ2n) is 3.52. The molecule has 0 aliphatic rings. The molecule has 0 radical (unpaired) electrons. The van der Waals surface area contributed by atoms with E-state index in [1.807, 2.05) is 0 Å². The van der Waals surface area contributed by atoms with Crippen LogP contribution in [0.25, 0.3) is 0 Å². The molecule has 0 amide bonds. The SMILES string of the molecule is N[C@@H](c1cc([N+](=O)[O-])cc(F)c1O)C(F)(F)CO. The van der Waals surface area contributed by atoms with E-state index in [2.05, 4.69) is 0 Å². The highest BCUT2D eigenvalue weighted by Crippen LogP contribution is 2.37. The fourth-order valence-electron chi connectivity index (χ4n) is 1.27. The molecule has 1 aromatic rings. The summed E-state index contributed by atoms with van der Waals surface area (Å²) in [6, 6.07) is -1.35. The predicted molar refractivity (Wildman–Crippen MR) is 53.7 cm³/mol. The highest BCUT2D eigenvalue weighted by atomic mass is 19.3. The minimum absolute atomic E-state index is 0.378. The van der Waals surface area contributed by atoms with Crippen molar-refractivity contribution in [2.75, 3.05) is 6.61 Å². The first kappa shape index (κ1) is 14.2. The number of alkyl halides is 2. The number of aromatic hydroxyl groups is 1. The fraction of sp³-hybridized carbons (Fsp3) is 0.333. The molecule has 0 saturated heterocycles. The fourth-order valence-corrected chi connectivity index (χ4v) is 1.27. The van der Waals surface area contributed by atoms with Crippen molar-refractivity contribution in [1.29, 1.82) is 0 Å². The first-order valence-electron chi connectivity index (χ1n) is 4.61. The van der Waals surface area contributed by atoms with Gasteiger partial charge in [0.25, 0.3) is 11.6 Å². The molecule has 0 aromatic heterocycles. The second-order valence-corrected chi connectivity index (χ2v) is 3.52. The average molecular weight is 266 g/mol. The summed E-state index contributed by atoms with van der Waals surface area (Å²) in [4.78, 5) is 9.42. The molecule has 0 aliphatic carbocycles.